The molecule has 1 aliphatic rings. The fourth-order valence-electron chi connectivity index (χ4n) is 2.17. The molecule has 0 bridgehead atoms. The van der Waals surface area contributed by atoms with E-state index in [9.17, 15) is 9.59 Å². The standard InChI is InChI=1S/C15H21N3O3S/c1-21-8-7-16-14(20)10-22-15-17-12(9-13(19)18-15)11-5-3-2-4-6-11/h2-6,12,15,17H,7-10H2,1H3,(H,16,20)(H,18,19). The van der Waals surface area contributed by atoms with Crippen molar-refractivity contribution in [1.29, 1.82) is 0 Å². The van der Waals surface area contributed by atoms with Crippen LogP contribution in [0.2, 0.25) is 0 Å². The van der Waals surface area contributed by atoms with Crippen molar-refractivity contribution in [1.82, 2.24) is 16.0 Å². The molecule has 22 heavy (non-hydrogen) atoms. The van der Waals surface area contributed by atoms with E-state index in [2.05, 4.69) is 16.0 Å². The van der Waals surface area contributed by atoms with E-state index in [1.807, 2.05) is 30.3 Å². The van der Waals surface area contributed by atoms with Crippen molar-refractivity contribution in [2.45, 2.75) is 18.0 Å². The summed E-state index contributed by atoms with van der Waals surface area (Å²) in [7, 11) is 1.59. The largest absolute Gasteiger partial charge is 0.383 e. The summed E-state index contributed by atoms with van der Waals surface area (Å²) < 4.78 is 4.87. The molecule has 2 atom stereocenters. The zero-order chi connectivity index (χ0) is 15.8. The Morgan fingerprint density at radius 1 is 1.41 bits per heavy atom. The Hall–Kier alpha value is -1.57. The highest BCUT2D eigenvalue weighted by Crippen LogP contribution is 2.22. The third-order valence-corrected chi connectivity index (χ3v) is 4.26. The maximum absolute atomic E-state index is 11.8. The fraction of sp³-hybridized carbons (Fsp3) is 0.467. The summed E-state index contributed by atoms with van der Waals surface area (Å²) in [5.74, 6) is 0.202. The van der Waals surface area contributed by atoms with Crippen LogP contribution in [-0.4, -0.2) is 43.3 Å². The molecule has 1 saturated heterocycles. The second-order valence-electron chi connectivity index (χ2n) is 4.94. The van der Waals surface area contributed by atoms with E-state index in [0.717, 1.165) is 5.56 Å². The van der Waals surface area contributed by atoms with Crippen molar-refractivity contribution in [2.24, 2.45) is 0 Å². The minimum atomic E-state index is -0.264. The van der Waals surface area contributed by atoms with Crippen LogP contribution >= 0.6 is 11.8 Å². The Labute approximate surface area is 134 Å². The molecule has 6 nitrogen and oxygen atoms in total. The van der Waals surface area contributed by atoms with Gasteiger partial charge in [0.05, 0.1) is 12.4 Å². The Morgan fingerprint density at radius 2 is 2.18 bits per heavy atom. The third kappa shape index (κ3) is 5.32. The quantitative estimate of drug-likeness (QED) is 0.641. The van der Waals surface area contributed by atoms with Gasteiger partial charge in [0.1, 0.15) is 5.50 Å². The number of nitrogens with one attached hydrogen (secondary N) is 3. The van der Waals surface area contributed by atoms with Crippen LogP contribution in [0.15, 0.2) is 30.3 Å². The van der Waals surface area contributed by atoms with Crippen LogP contribution in [0.5, 0.6) is 0 Å². The molecule has 1 heterocycles. The van der Waals surface area contributed by atoms with Gasteiger partial charge < -0.3 is 15.4 Å². The predicted octanol–water partition coefficient (Wildman–Crippen LogP) is 0.617. The number of rotatable bonds is 7. The molecule has 0 aromatic heterocycles. The van der Waals surface area contributed by atoms with E-state index in [0.29, 0.717) is 19.6 Å². The van der Waals surface area contributed by atoms with E-state index in [1.165, 1.54) is 11.8 Å². The normalized spacial score (nSPS) is 21.2. The lowest BCUT2D eigenvalue weighted by molar-refractivity contribution is -0.123. The zero-order valence-electron chi connectivity index (χ0n) is 12.5. The topological polar surface area (TPSA) is 79.5 Å². The Morgan fingerprint density at radius 3 is 2.91 bits per heavy atom. The molecule has 1 fully saturated rings. The van der Waals surface area contributed by atoms with Gasteiger partial charge >= 0.3 is 0 Å². The van der Waals surface area contributed by atoms with Crippen molar-refractivity contribution in [3.05, 3.63) is 35.9 Å². The summed E-state index contributed by atoms with van der Waals surface area (Å²) in [6.45, 7) is 0.984. The first-order chi connectivity index (χ1) is 10.7. The number of carbonyl (C=O) groups excluding carboxylic acids is 2. The lowest BCUT2D eigenvalue weighted by Crippen LogP contribution is -2.51. The summed E-state index contributed by atoms with van der Waals surface area (Å²) >= 11 is 1.37. The molecule has 7 heteroatoms. The van der Waals surface area contributed by atoms with Gasteiger partial charge in [0.15, 0.2) is 0 Å². The monoisotopic (exact) mass is 323 g/mol. The Balaban J connectivity index is 1.81. The highest BCUT2D eigenvalue weighted by atomic mass is 32.2. The predicted molar refractivity (Wildman–Crippen MR) is 86.2 cm³/mol. The SMILES string of the molecule is COCCNC(=O)CSC1NC(=O)CC(c2ccccc2)N1. The molecule has 120 valence electrons. The number of thioether (sulfide) groups is 1. The van der Waals surface area contributed by atoms with E-state index in [4.69, 9.17) is 4.74 Å². The van der Waals surface area contributed by atoms with Crippen LogP contribution in [0.25, 0.3) is 0 Å². The molecular weight excluding hydrogens is 302 g/mol. The Bertz CT molecular complexity index is 498. The molecule has 3 N–H and O–H groups in total. The molecule has 1 aromatic carbocycles. The van der Waals surface area contributed by atoms with Gasteiger partial charge in [0, 0.05) is 26.1 Å². The highest BCUT2D eigenvalue weighted by molar-refractivity contribution is 8.00. The molecule has 0 radical (unpaired) electrons. The average Bonchev–Trinajstić information content (AvgIpc) is 2.53. The number of benzene rings is 1. The molecule has 2 rings (SSSR count). The molecule has 1 aromatic rings. The van der Waals surface area contributed by atoms with Crippen LogP contribution in [0.1, 0.15) is 18.0 Å². The van der Waals surface area contributed by atoms with Gasteiger partial charge in [-0.05, 0) is 5.56 Å². The summed E-state index contributed by atoms with van der Waals surface area (Å²) in [5, 5.41) is 8.95. The van der Waals surface area contributed by atoms with Gasteiger partial charge in [-0.1, -0.05) is 30.3 Å². The third-order valence-electron chi connectivity index (χ3n) is 3.25. The van der Waals surface area contributed by atoms with Crippen molar-refractivity contribution in [3.8, 4) is 0 Å². The lowest BCUT2D eigenvalue weighted by atomic mass is 10.0. The van der Waals surface area contributed by atoms with Gasteiger partial charge in [-0.2, -0.15) is 0 Å². The summed E-state index contributed by atoms with van der Waals surface area (Å²) in [4.78, 5) is 23.5. The smallest absolute Gasteiger partial charge is 0.230 e. The van der Waals surface area contributed by atoms with Crippen LogP contribution in [0, 0.1) is 0 Å². The first-order valence-corrected chi connectivity index (χ1v) is 8.21. The summed E-state index contributed by atoms with van der Waals surface area (Å²) in [5.41, 5.74) is 0.812. The molecule has 2 amide bonds. The second-order valence-corrected chi connectivity index (χ2v) is 6.03. The average molecular weight is 323 g/mol. The highest BCUT2D eigenvalue weighted by Gasteiger charge is 2.27. The van der Waals surface area contributed by atoms with Gasteiger partial charge in [-0.25, -0.2) is 0 Å². The zero-order valence-corrected chi connectivity index (χ0v) is 13.3. The van der Waals surface area contributed by atoms with Crippen LogP contribution < -0.4 is 16.0 Å². The summed E-state index contributed by atoms with van der Waals surface area (Å²) in [6.07, 6.45) is 0.404. The maximum Gasteiger partial charge on any atom is 0.230 e. The fourth-order valence-corrected chi connectivity index (χ4v) is 3.06. The maximum atomic E-state index is 11.8. The molecule has 0 spiro atoms. The van der Waals surface area contributed by atoms with Crippen LogP contribution in [-0.2, 0) is 14.3 Å². The van der Waals surface area contributed by atoms with Crippen molar-refractivity contribution in [2.75, 3.05) is 26.0 Å². The number of hydrogen-bond acceptors (Lipinski definition) is 5. The lowest BCUT2D eigenvalue weighted by Gasteiger charge is -2.31. The van der Waals surface area contributed by atoms with Crippen molar-refractivity contribution < 1.29 is 14.3 Å². The van der Waals surface area contributed by atoms with E-state index in [1.54, 1.807) is 7.11 Å². The molecule has 0 aliphatic carbocycles. The van der Waals surface area contributed by atoms with Gasteiger partial charge in [-0.3, -0.25) is 14.9 Å². The molecular formula is C15H21N3O3S. The van der Waals surface area contributed by atoms with Gasteiger partial charge in [-0.15, -0.1) is 11.8 Å². The second kappa shape index (κ2) is 8.77. The number of methoxy groups -OCH3 is 1. The molecule has 1 aliphatic heterocycles. The number of carbonyl (C=O) groups is 2. The first kappa shape index (κ1) is 16.8. The van der Waals surface area contributed by atoms with Crippen LogP contribution in [0.4, 0.5) is 0 Å². The first-order valence-electron chi connectivity index (χ1n) is 7.16. The Kier molecular flexibility index (Phi) is 6.70. The number of ether oxygens (including phenoxy) is 1. The van der Waals surface area contributed by atoms with Crippen LogP contribution in [0.3, 0.4) is 0 Å². The molecule has 0 saturated carbocycles. The van der Waals surface area contributed by atoms with Gasteiger partial charge in [0.2, 0.25) is 11.8 Å². The van der Waals surface area contributed by atoms with Crippen molar-refractivity contribution >= 4 is 23.6 Å². The number of hydrogen-bond donors (Lipinski definition) is 3. The van der Waals surface area contributed by atoms with E-state index >= 15 is 0 Å². The van der Waals surface area contributed by atoms with Gasteiger partial charge in [0.25, 0.3) is 0 Å². The minimum absolute atomic E-state index is 0.00936. The van der Waals surface area contributed by atoms with E-state index in [-0.39, 0.29) is 29.1 Å². The number of amides is 2. The summed E-state index contributed by atoms with van der Waals surface area (Å²) in [6, 6.07) is 9.82. The van der Waals surface area contributed by atoms with E-state index < -0.39 is 0 Å². The van der Waals surface area contributed by atoms with Crippen molar-refractivity contribution in [3.63, 3.8) is 0 Å². The molecule has 2 unspecified atom stereocenters. The minimum Gasteiger partial charge on any atom is -0.383 e.